The molecule has 16 heavy (non-hydrogen) atoms. The fourth-order valence-electron chi connectivity index (χ4n) is 1.05. The fourth-order valence-corrected chi connectivity index (χ4v) is 1.05. The molecule has 0 aromatic heterocycles. The summed E-state index contributed by atoms with van der Waals surface area (Å²) in [5, 5.41) is 8.87. The number of aromatic carboxylic acids is 1. The van der Waals surface area contributed by atoms with E-state index in [9.17, 15) is 9.59 Å². The summed E-state index contributed by atoms with van der Waals surface area (Å²) in [5.74, 6) is -1.95. The van der Waals surface area contributed by atoms with Crippen LogP contribution in [0.3, 0.4) is 0 Å². The number of aryl methyl sites for hydroxylation is 1. The minimum Gasteiger partial charge on any atom is -0.478 e. The molecule has 0 saturated carbocycles. The highest BCUT2D eigenvalue weighted by atomic mass is 17.2. The molecule has 0 spiro atoms. The Hall–Kier alpha value is -2.30. The maximum atomic E-state index is 10.8. The third-order valence-corrected chi connectivity index (χ3v) is 1.82. The molecule has 84 valence electrons. The van der Waals surface area contributed by atoms with Crippen LogP contribution in [0.5, 0.6) is 5.75 Å². The lowest BCUT2D eigenvalue weighted by molar-refractivity contribution is -0.207. The predicted octanol–water partition coefficient (Wildman–Crippen LogP) is 1.72. The number of para-hydroxylation sites is 1. The molecule has 0 fully saturated rings. The van der Waals surface area contributed by atoms with Gasteiger partial charge in [0.25, 0.3) is 0 Å². The summed E-state index contributed by atoms with van der Waals surface area (Å²) in [4.78, 5) is 30.6. The van der Waals surface area contributed by atoms with Gasteiger partial charge >= 0.3 is 11.9 Å². The van der Waals surface area contributed by atoms with E-state index in [1.807, 2.05) is 0 Å². The molecule has 1 aromatic carbocycles. The summed E-state index contributed by atoms with van der Waals surface area (Å²) >= 11 is 0. The summed E-state index contributed by atoms with van der Waals surface area (Å²) in [6.07, 6.45) is 0.915. The van der Waals surface area contributed by atoms with Crippen LogP contribution < -0.4 is 4.89 Å². The van der Waals surface area contributed by atoms with Gasteiger partial charge in [0.2, 0.25) is 0 Å². The molecule has 0 heterocycles. The van der Waals surface area contributed by atoms with E-state index in [0.29, 0.717) is 5.56 Å². The molecule has 1 N–H and O–H groups in total. The van der Waals surface area contributed by atoms with Crippen molar-refractivity contribution in [2.24, 2.45) is 0 Å². The minimum absolute atomic E-state index is 0.00481. The zero-order valence-corrected chi connectivity index (χ0v) is 8.60. The van der Waals surface area contributed by atoms with Crippen LogP contribution in [-0.4, -0.2) is 17.0 Å². The molecule has 0 amide bonds. The van der Waals surface area contributed by atoms with Crippen molar-refractivity contribution in [1.82, 2.24) is 0 Å². The Balaban J connectivity index is 2.97. The van der Waals surface area contributed by atoms with E-state index < -0.39 is 11.9 Å². The number of carboxylic acids is 1. The highest BCUT2D eigenvalue weighted by Gasteiger charge is 2.15. The van der Waals surface area contributed by atoms with Gasteiger partial charge in [-0.15, -0.1) is 0 Å². The largest absolute Gasteiger partial charge is 0.478 e. The summed E-state index contributed by atoms with van der Waals surface area (Å²) in [6, 6.07) is 4.57. The molecule has 5 heteroatoms. The Bertz CT molecular complexity index is 436. The van der Waals surface area contributed by atoms with Crippen LogP contribution in [0.15, 0.2) is 30.9 Å². The smallest absolute Gasteiger partial charge is 0.378 e. The predicted molar refractivity (Wildman–Crippen MR) is 55.1 cm³/mol. The zero-order chi connectivity index (χ0) is 12.1. The Morgan fingerprint density at radius 1 is 1.44 bits per heavy atom. The summed E-state index contributed by atoms with van der Waals surface area (Å²) in [6.45, 7) is 4.82. The number of carbonyl (C=O) groups is 2. The normalized spacial score (nSPS) is 9.31. The molecule has 0 aliphatic rings. The second-order valence-corrected chi connectivity index (χ2v) is 2.95. The van der Waals surface area contributed by atoms with Gasteiger partial charge in [-0.1, -0.05) is 18.7 Å². The first-order valence-corrected chi connectivity index (χ1v) is 4.40. The van der Waals surface area contributed by atoms with Crippen molar-refractivity contribution in [2.45, 2.75) is 6.92 Å². The lowest BCUT2D eigenvalue weighted by Crippen LogP contribution is -2.09. The van der Waals surface area contributed by atoms with Crippen molar-refractivity contribution < 1.29 is 24.5 Å². The molecule has 0 aliphatic carbocycles. The second-order valence-electron chi connectivity index (χ2n) is 2.95. The van der Waals surface area contributed by atoms with Gasteiger partial charge in [0, 0.05) is 6.08 Å². The third-order valence-electron chi connectivity index (χ3n) is 1.82. The second kappa shape index (κ2) is 4.97. The lowest BCUT2D eigenvalue weighted by Gasteiger charge is -2.08. The van der Waals surface area contributed by atoms with E-state index in [2.05, 4.69) is 16.4 Å². The van der Waals surface area contributed by atoms with Gasteiger partial charge in [0.15, 0.2) is 5.75 Å². The van der Waals surface area contributed by atoms with Crippen LogP contribution in [0.25, 0.3) is 0 Å². The van der Waals surface area contributed by atoms with E-state index in [1.54, 1.807) is 19.1 Å². The maximum absolute atomic E-state index is 10.8. The quantitative estimate of drug-likeness (QED) is 0.477. The van der Waals surface area contributed by atoms with Gasteiger partial charge in [0.05, 0.1) is 0 Å². The Labute approximate surface area is 91.8 Å². The first kappa shape index (κ1) is 11.8. The summed E-state index contributed by atoms with van der Waals surface area (Å²) < 4.78 is 0. The maximum Gasteiger partial charge on any atom is 0.378 e. The molecule has 0 radical (unpaired) electrons. The molecule has 0 unspecified atom stereocenters. The average Bonchev–Trinajstić information content (AvgIpc) is 2.26. The highest BCUT2D eigenvalue weighted by molar-refractivity contribution is 5.91. The Morgan fingerprint density at radius 2 is 2.12 bits per heavy atom. The van der Waals surface area contributed by atoms with Crippen molar-refractivity contribution in [3.8, 4) is 5.75 Å². The van der Waals surface area contributed by atoms with E-state index in [0.717, 1.165) is 6.08 Å². The molecule has 5 nitrogen and oxygen atoms in total. The summed E-state index contributed by atoms with van der Waals surface area (Å²) in [7, 11) is 0. The van der Waals surface area contributed by atoms with Gasteiger partial charge in [-0.25, -0.2) is 14.5 Å². The van der Waals surface area contributed by atoms with Gasteiger partial charge in [-0.3, -0.25) is 4.89 Å². The van der Waals surface area contributed by atoms with Gasteiger partial charge in [0.1, 0.15) is 5.56 Å². The van der Waals surface area contributed by atoms with Crippen LogP contribution in [0.4, 0.5) is 0 Å². The van der Waals surface area contributed by atoms with Gasteiger partial charge < -0.3 is 5.11 Å². The van der Waals surface area contributed by atoms with Crippen molar-refractivity contribution >= 4 is 11.9 Å². The number of benzene rings is 1. The Morgan fingerprint density at radius 3 is 2.69 bits per heavy atom. The SMILES string of the molecule is C=CC(=O)OOc1c(C)cccc1C(=O)O. The molecular formula is C11H10O5. The van der Waals surface area contributed by atoms with Crippen molar-refractivity contribution in [1.29, 1.82) is 0 Å². The van der Waals surface area contributed by atoms with E-state index in [4.69, 9.17) is 5.11 Å². The molecule has 0 atom stereocenters. The van der Waals surface area contributed by atoms with E-state index in [-0.39, 0.29) is 11.3 Å². The lowest BCUT2D eigenvalue weighted by atomic mass is 10.1. The van der Waals surface area contributed by atoms with Crippen molar-refractivity contribution in [2.75, 3.05) is 0 Å². The van der Waals surface area contributed by atoms with E-state index >= 15 is 0 Å². The molecular weight excluding hydrogens is 212 g/mol. The minimum atomic E-state index is -1.16. The first-order chi connectivity index (χ1) is 7.56. The monoisotopic (exact) mass is 222 g/mol. The number of hydrogen-bond acceptors (Lipinski definition) is 4. The molecule has 0 aliphatic heterocycles. The standard InChI is InChI=1S/C11H10O5/c1-3-9(12)15-16-10-7(2)5-4-6-8(10)11(13)14/h3-6H,1H2,2H3,(H,13,14). The third kappa shape index (κ3) is 2.60. The van der Waals surface area contributed by atoms with Crippen LogP contribution in [0.1, 0.15) is 15.9 Å². The topological polar surface area (TPSA) is 72.8 Å². The fraction of sp³-hybridized carbons (Fsp3) is 0.0909. The molecule has 1 rings (SSSR count). The first-order valence-electron chi connectivity index (χ1n) is 4.40. The van der Waals surface area contributed by atoms with Crippen LogP contribution in [-0.2, 0) is 9.68 Å². The van der Waals surface area contributed by atoms with Gasteiger partial charge in [-0.2, -0.15) is 0 Å². The average molecular weight is 222 g/mol. The van der Waals surface area contributed by atoms with E-state index in [1.165, 1.54) is 6.07 Å². The van der Waals surface area contributed by atoms with Gasteiger partial charge in [-0.05, 0) is 18.6 Å². The number of carbonyl (C=O) groups excluding carboxylic acids is 1. The Kier molecular flexibility index (Phi) is 3.66. The zero-order valence-electron chi connectivity index (χ0n) is 8.60. The number of rotatable bonds is 4. The number of hydrogen-bond donors (Lipinski definition) is 1. The number of carboxylic acid groups (broad SMARTS) is 1. The van der Waals surface area contributed by atoms with Crippen LogP contribution in [0, 0.1) is 6.92 Å². The molecule has 1 aromatic rings. The summed E-state index contributed by atoms with van der Waals surface area (Å²) in [5.41, 5.74) is 0.480. The highest BCUT2D eigenvalue weighted by Crippen LogP contribution is 2.23. The van der Waals surface area contributed by atoms with Crippen molar-refractivity contribution in [3.05, 3.63) is 42.0 Å². The molecule has 0 bridgehead atoms. The van der Waals surface area contributed by atoms with Crippen LogP contribution in [0.2, 0.25) is 0 Å². The molecule has 0 saturated heterocycles. The van der Waals surface area contributed by atoms with Crippen LogP contribution >= 0.6 is 0 Å². The van der Waals surface area contributed by atoms with Crippen molar-refractivity contribution in [3.63, 3.8) is 0 Å².